The van der Waals surface area contributed by atoms with Crippen LogP contribution in [0.1, 0.15) is 22.8 Å². The summed E-state index contributed by atoms with van der Waals surface area (Å²) in [4.78, 5) is 21.0. The normalized spacial score (nSPS) is 9.47. The van der Waals surface area contributed by atoms with E-state index in [2.05, 4.69) is 4.74 Å². The van der Waals surface area contributed by atoms with Gasteiger partial charge in [-0.1, -0.05) is 0 Å². The minimum atomic E-state index is -1.24. The van der Waals surface area contributed by atoms with Crippen LogP contribution < -0.4 is 0 Å². The topological polar surface area (TPSA) is 93.2 Å². The van der Waals surface area contributed by atoms with E-state index in [4.69, 9.17) is 5.26 Å². The fourth-order valence-electron chi connectivity index (χ4n) is 1.21. The molecule has 0 saturated carbocycles. The Morgan fingerprint density at radius 1 is 1.65 bits per heavy atom. The highest BCUT2D eigenvalue weighted by Gasteiger charge is 2.27. The van der Waals surface area contributed by atoms with Crippen molar-refractivity contribution in [2.45, 2.75) is 6.92 Å². The van der Waals surface area contributed by atoms with Gasteiger partial charge in [0, 0.05) is 0 Å². The third kappa shape index (κ3) is 2.55. The van der Waals surface area contributed by atoms with E-state index in [0.717, 1.165) is 6.07 Å². The fraction of sp³-hybridized carbons (Fsp3) is 0.200. The van der Waals surface area contributed by atoms with E-state index < -0.39 is 28.0 Å². The highest BCUT2D eigenvalue weighted by atomic mass is 19.1. The molecule has 0 spiro atoms. The molecule has 0 saturated heterocycles. The van der Waals surface area contributed by atoms with Crippen molar-refractivity contribution in [3.63, 3.8) is 0 Å². The van der Waals surface area contributed by atoms with Gasteiger partial charge in [0.15, 0.2) is 0 Å². The molecule has 0 fully saturated rings. The maximum Gasteiger partial charge on any atom is 0.345 e. The number of nitro benzene ring substituents is 1. The van der Waals surface area contributed by atoms with Crippen molar-refractivity contribution in [1.82, 2.24) is 0 Å². The Hall–Kier alpha value is -2.49. The zero-order chi connectivity index (χ0) is 13.0. The molecule has 88 valence electrons. The largest absolute Gasteiger partial charge is 0.462 e. The SMILES string of the molecule is CCOC(=O)c1cc(C#N)cc(F)c1[N+](=O)[O-]. The van der Waals surface area contributed by atoms with Crippen LogP contribution >= 0.6 is 0 Å². The molecule has 0 radical (unpaired) electrons. The van der Waals surface area contributed by atoms with Crippen molar-refractivity contribution in [2.75, 3.05) is 6.61 Å². The molecule has 0 atom stereocenters. The van der Waals surface area contributed by atoms with Gasteiger partial charge in [0.05, 0.1) is 23.2 Å². The average Bonchev–Trinajstić information content (AvgIpc) is 2.27. The lowest BCUT2D eigenvalue weighted by atomic mass is 10.1. The van der Waals surface area contributed by atoms with Crippen LogP contribution in [0.5, 0.6) is 0 Å². The van der Waals surface area contributed by atoms with E-state index in [0.29, 0.717) is 6.07 Å². The van der Waals surface area contributed by atoms with Gasteiger partial charge < -0.3 is 4.74 Å². The lowest BCUT2D eigenvalue weighted by Crippen LogP contribution is -2.10. The van der Waals surface area contributed by atoms with Gasteiger partial charge in [-0.15, -0.1) is 0 Å². The van der Waals surface area contributed by atoms with Crippen LogP contribution in [0.2, 0.25) is 0 Å². The lowest BCUT2D eigenvalue weighted by molar-refractivity contribution is -0.387. The number of hydrogen-bond donors (Lipinski definition) is 0. The van der Waals surface area contributed by atoms with Gasteiger partial charge in [-0.2, -0.15) is 9.65 Å². The lowest BCUT2D eigenvalue weighted by Gasteiger charge is -2.04. The van der Waals surface area contributed by atoms with Crippen molar-refractivity contribution < 1.29 is 18.8 Å². The third-order valence-corrected chi connectivity index (χ3v) is 1.87. The predicted octanol–water partition coefficient (Wildman–Crippen LogP) is 1.78. The van der Waals surface area contributed by atoms with Crippen molar-refractivity contribution >= 4 is 11.7 Å². The van der Waals surface area contributed by atoms with Crippen LogP contribution in [-0.4, -0.2) is 17.5 Å². The van der Waals surface area contributed by atoms with Gasteiger partial charge in [-0.3, -0.25) is 10.1 Å². The van der Waals surface area contributed by atoms with Crippen molar-refractivity contribution in [3.8, 4) is 6.07 Å². The Morgan fingerprint density at radius 3 is 2.76 bits per heavy atom. The monoisotopic (exact) mass is 238 g/mol. The van der Waals surface area contributed by atoms with Crippen LogP contribution in [0.4, 0.5) is 10.1 Å². The first-order valence-corrected chi connectivity index (χ1v) is 4.56. The summed E-state index contributed by atoms with van der Waals surface area (Å²) in [6.07, 6.45) is 0. The Balaban J connectivity index is 3.44. The standard InChI is InChI=1S/C10H7FN2O4/c1-2-17-10(14)7-3-6(5-12)4-8(11)9(7)13(15)16/h3-4H,2H2,1H3. The number of nitrogens with zero attached hydrogens (tertiary/aromatic N) is 2. The van der Waals surface area contributed by atoms with Gasteiger partial charge in [-0.05, 0) is 19.1 Å². The summed E-state index contributed by atoms with van der Waals surface area (Å²) in [6.45, 7) is 1.50. The molecule has 0 aliphatic heterocycles. The molecular formula is C10H7FN2O4. The Kier molecular flexibility index (Phi) is 3.72. The molecule has 17 heavy (non-hydrogen) atoms. The van der Waals surface area contributed by atoms with Crippen LogP contribution in [0, 0.1) is 27.3 Å². The summed E-state index contributed by atoms with van der Waals surface area (Å²) in [6, 6.07) is 3.23. The molecule has 0 amide bonds. The molecule has 0 heterocycles. The molecule has 0 unspecified atom stereocenters. The minimum Gasteiger partial charge on any atom is -0.462 e. The molecule has 1 aromatic carbocycles. The number of carbonyl (C=O) groups excluding carboxylic acids is 1. The number of halogens is 1. The highest BCUT2D eigenvalue weighted by Crippen LogP contribution is 2.25. The molecular weight excluding hydrogens is 231 g/mol. The number of rotatable bonds is 3. The van der Waals surface area contributed by atoms with Crippen molar-refractivity contribution in [3.05, 3.63) is 39.2 Å². The summed E-state index contributed by atoms with van der Waals surface area (Å²) in [5.74, 6) is -2.27. The molecule has 1 aromatic rings. The summed E-state index contributed by atoms with van der Waals surface area (Å²) in [5, 5.41) is 19.2. The second-order valence-corrected chi connectivity index (χ2v) is 2.94. The van der Waals surface area contributed by atoms with Gasteiger partial charge in [0.2, 0.25) is 5.82 Å². The molecule has 1 rings (SSSR count). The van der Waals surface area contributed by atoms with E-state index in [9.17, 15) is 19.3 Å². The number of carbonyl (C=O) groups is 1. The zero-order valence-corrected chi connectivity index (χ0v) is 8.77. The van der Waals surface area contributed by atoms with E-state index in [1.54, 1.807) is 6.07 Å². The first-order chi connectivity index (χ1) is 8.01. The summed E-state index contributed by atoms with van der Waals surface area (Å²) in [7, 11) is 0. The number of nitriles is 1. The predicted molar refractivity (Wildman–Crippen MR) is 53.7 cm³/mol. The Bertz CT molecular complexity index is 522. The van der Waals surface area contributed by atoms with Crippen molar-refractivity contribution in [1.29, 1.82) is 5.26 Å². The van der Waals surface area contributed by atoms with Crippen LogP contribution in [0.25, 0.3) is 0 Å². The fourth-order valence-corrected chi connectivity index (χ4v) is 1.21. The minimum absolute atomic E-state index is 0.00557. The van der Waals surface area contributed by atoms with E-state index in [1.165, 1.54) is 6.92 Å². The quantitative estimate of drug-likeness (QED) is 0.454. The van der Waals surface area contributed by atoms with Crippen molar-refractivity contribution in [2.24, 2.45) is 0 Å². The van der Waals surface area contributed by atoms with Gasteiger partial charge in [0.1, 0.15) is 5.56 Å². The Morgan fingerprint density at radius 2 is 2.29 bits per heavy atom. The van der Waals surface area contributed by atoms with Crippen LogP contribution in [0.15, 0.2) is 12.1 Å². The molecule has 0 aliphatic rings. The second kappa shape index (κ2) is 5.03. The molecule has 0 bridgehead atoms. The molecule has 6 nitrogen and oxygen atoms in total. The average molecular weight is 238 g/mol. The number of benzene rings is 1. The van der Waals surface area contributed by atoms with E-state index in [-0.39, 0.29) is 12.2 Å². The number of ether oxygens (including phenoxy) is 1. The Labute approximate surface area is 95.4 Å². The van der Waals surface area contributed by atoms with Gasteiger partial charge in [-0.25, -0.2) is 4.79 Å². The summed E-state index contributed by atoms with van der Waals surface area (Å²) >= 11 is 0. The number of nitro groups is 1. The number of hydrogen-bond acceptors (Lipinski definition) is 5. The molecule has 0 aromatic heterocycles. The highest BCUT2D eigenvalue weighted by molar-refractivity contribution is 5.94. The smallest absolute Gasteiger partial charge is 0.345 e. The maximum absolute atomic E-state index is 13.3. The first-order valence-electron chi connectivity index (χ1n) is 4.56. The van der Waals surface area contributed by atoms with Crippen LogP contribution in [-0.2, 0) is 4.74 Å². The molecule has 0 aliphatic carbocycles. The third-order valence-electron chi connectivity index (χ3n) is 1.87. The second-order valence-electron chi connectivity index (χ2n) is 2.94. The summed E-state index contributed by atoms with van der Waals surface area (Å²) < 4.78 is 17.9. The van der Waals surface area contributed by atoms with E-state index in [1.807, 2.05) is 0 Å². The van der Waals surface area contributed by atoms with Gasteiger partial charge >= 0.3 is 11.7 Å². The molecule has 7 heteroatoms. The first kappa shape index (κ1) is 12.6. The zero-order valence-electron chi connectivity index (χ0n) is 8.77. The number of esters is 1. The maximum atomic E-state index is 13.3. The van der Waals surface area contributed by atoms with Gasteiger partial charge in [0.25, 0.3) is 0 Å². The molecule has 0 N–H and O–H groups in total. The summed E-state index contributed by atoms with van der Waals surface area (Å²) in [5.41, 5.74) is -1.73. The van der Waals surface area contributed by atoms with Crippen LogP contribution in [0.3, 0.4) is 0 Å². The van der Waals surface area contributed by atoms with E-state index >= 15 is 0 Å².